The molecule has 108 valence electrons. The molecule has 2 aromatic rings. The van der Waals surface area contributed by atoms with Crippen LogP contribution in [0.2, 0.25) is 0 Å². The number of hydrogen-bond donors (Lipinski definition) is 1. The molecule has 0 bridgehead atoms. The highest BCUT2D eigenvalue weighted by Gasteiger charge is 2.16. The molecule has 1 N–H and O–H groups in total. The smallest absolute Gasteiger partial charge is 0.123 e. The van der Waals surface area contributed by atoms with E-state index < -0.39 is 0 Å². The van der Waals surface area contributed by atoms with Gasteiger partial charge in [-0.2, -0.15) is 0 Å². The van der Waals surface area contributed by atoms with E-state index in [4.69, 9.17) is 0 Å². The molecule has 1 atom stereocenters. The van der Waals surface area contributed by atoms with E-state index >= 15 is 0 Å². The molecule has 1 unspecified atom stereocenters. The molecule has 0 fully saturated rings. The van der Waals surface area contributed by atoms with Gasteiger partial charge in [0.2, 0.25) is 0 Å². The maximum absolute atomic E-state index is 13.5. The molecule has 1 aromatic heterocycles. The average molecular weight is 283 g/mol. The van der Waals surface area contributed by atoms with Gasteiger partial charge in [0.25, 0.3) is 0 Å². The zero-order valence-corrected chi connectivity index (χ0v) is 11.8. The first-order valence-electron chi connectivity index (χ1n) is 7.25. The van der Waals surface area contributed by atoms with Crippen molar-refractivity contribution < 1.29 is 4.39 Å². The first-order chi connectivity index (χ1) is 10.3. The molecule has 0 saturated carbocycles. The first kappa shape index (κ1) is 13.7. The molecule has 4 heteroatoms. The van der Waals surface area contributed by atoms with E-state index in [1.54, 1.807) is 24.5 Å². The Morgan fingerprint density at radius 2 is 2.05 bits per heavy atom. The zero-order valence-electron chi connectivity index (χ0n) is 11.8. The molecule has 1 aromatic carbocycles. The molecule has 0 amide bonds. The van der Waals surface area contributed by atoms with Gasteiger partial charge in [0.05, 0.1) is 11.9 Å². The van der Waals surface area contributed by atoms with Gasteiger partial charge in [-0.25, -0.2) is 4.39 Å². The number of benzene rings is 1. The highest BCUT2D eigenvalue weighted by Crippen LogP contribution is 2.20. The van der Waals surface area contributed by atoms with Crippen molar-refractivity contribution in [3.63, 3.8) is 0 Å². The van der Waals surface area contributed by atoms with Crippen LogP contribution >= 0.6 is 0 Å². The largest absolute Gasteiger partial charge is 0.367 e. The van der Waals surface area contributed by atoms with Crippen LogP contribution in [0.5, 0.6) is 0 Å². The maximum atomic E-state index is 13.5. The molecule has 0 spiro atoms. The first-order valence-corrected chi connectivity index (χ1v) is 7.25. The van der Waals surface area contributed by atoms with Crippen molar-refractivity contribution >= 4 is 5.84 Å². The fourth-order valence-electron chi connectivity index (χ4n) is 2.59. The Kier molecular flexibility index (Phi) is 4.24. The van der Waals surface area contributed by atoms with Crippen molar-refractivity contribution in [2.24, 2.45) is 4.99 Å². The van der Waals surface area contributed by atoms with Gasteiger partial charge in [-0.3, -0.25) is 9.98 Å². The minimum Gasteiger partial charge on any atom is -0.367 e. The molecule has 0 saturated heterocycles. The lowest BCUT2D eigenvalue weighted by atomic mass is 9.99. The van der Waals surface area contributed by atoms with Gasteiger partial charge in [0.15, 0.2) is 0 Å². The van der Waals surface area contributed by atoms with E-state index in [9.17, 15) is 4.39 Å². The number of aromatic nitrogens is 1. The van der Waals surface area contributed by atoms with Crippen molar-refractivity contribution in [1.82, 2.24) is 10.3 Å². The summed E-state index contributed by atoms with van der Waals surface area (Å²) in [5.74, 6) is 0.820. The van der Waals surface area contributed by atoms with Crippen LogP contribution in [0, 0.1) is 5.82 Å². The normalized spacial score (nSPS) is 15.6. The summed E-state index contributed by atoms with van der Waals surface area (Å²) in [7, 11) is 0. The summed E-state index contributed by atoms with van der Waals surface area (Å²) >= 11 is 0. The van der Waals surface area contributed by atoms with Gasteiger partial charge < -0.3 is 5.32 Å². The molecular weight excluding hydrogens is 265 g/mol. The van der Waals surface area contributed by atoms with E-state index in [-0.39, 0.29) is 11.9 Å². The lowest BCUT2D eigenvalue weighted by molar-refractivity contribution is 0.603. The SMILES string of the molecule is Fc1cccc(C(Cc2ccncc2)NC2=NCCC2)c1. The summed E-state index contributed by atoms with van der Waals surface area (Å²) in [6.07, 6.45) is 6.41. The average Bonchev–Trinajstić information content (AvgIpc) is 3.01. The lowest BCUT2D eigenvalue weighted by Crippen LogP contribution is -2.28. The fraction of sp³-hybridized carbons (Fsp3) is 0.294. The number of nitrogens with one attached hydrogen (secondary N) is 1. The van der Waals surface area contributed by atoms with Gasteiger partial charge in [-0.05, 0) is 48.2 Å². The number of hydrogen-bond acceptors (Lipinski definition) is 3. The van der Waals surface area contributed by atoms with Crippen LogP contribution in [-0.4, -0.2) is 17.4 Å². The van der Waals surface area contributed by atoms with Crippen LogP contribution in [0.3, 0.4) is 0 Å². The van der Waals surface area contributed by atoms with Crippen LogP contribution in [0.15, 0.2) is 53.8 Å². The number of nitrogens with zero attached hydrogens (tertiary/aromatic N) is 2. The highest BCUT2D eigenvalue weighted by molar-refractivity contribution is 5.83. The summed E-state index contributed by atoms with van der Waals surface area (Å²) < 4.78 is 13.5. The van der Waals surface area contributed by atoms with E-state index in [1.807, 2.05) is 18.2 Å². The molecule has 2 heterocycles. The topological polar surface area (TPSA) is 37.3 Å². The van der Waals surface area contributed by atoms with Crippen molar-refractivity contribution in [2.45, 2.75) is 25.3 Å². The van der Waals surface area contributed by atoms with Crippen LogP contribution in [0.1, 0.15) is 30.0 Å². The number of pyridine rings is 1. The third-order valence-electron chi connectivity index (χ3n) is 3.66. The molecule has 0 aliphatic carbocycles. The van der Waals surface area contributed by atoms with E-state index in [2.05, 4.69) is 15.3 Å². The molecule has 1 aliphatic rings. The Hall–Kier alpha value is -2.23. The predicted molar refractivity (Wildman–Crippen MR) is 81.8 cm³/mol. The second-order valence-corrected chi connectivity index (χ2v) is 5.24. The molecule has 3 rings (SSSR count). The second kappa shape index (κ2) is 6.48. The molecule has 0 radical (unpaired) electrons. The summed E-state index contributed by atoms with van der Waals surface area (Å²) in [5.41, 5.74) is 2.12. The summed E-state index contributed by atoms with van der Waals surface area (Å²) in [6.45, 7) is 0.882. The number of halogens is 1. The van der Waals surface area contributed by atoms with E-state index in [0.29, 0.717) is 0 Å². The number of amidine groups is 1. The Morgan fingerprint density at radius 3 is 2.76 bits per heavy atom. The standard InChI is InChI=1S/C17H18FN3/c18-15-4-1-3-14(12-15)16(21-17-5-2-8-20-17)11-13-6-9-19-10-7-13/h1,3-4,6-7,9-10,12,16H,2,5,8,11H2,(H,20,21). The van der Waals surface area contributed by atoms with Crippen LogP contribution < -0.4 is 5.32 Å². The molecule has 3 nitrogen and oxygen atoms in total. The maximum Gasteiger partial charge on any atom is 0.123 e. The van der Waals surface area contributed by atoms with Gasteiger partial charge in [-0.1, -0.05) is 12.1 Å². The van der Waals surface area contributed by atoms with Crippen molar-refractivity contribution in [2.75, 3.05) is 6.54 Å². The second-order valence-electron chi connectivity index (χ2n) is 5.24. The van der Waals surface area contributed by atoms with Crippen molar-refractivity contribution in [3.05, 3.63) is 65.7 Å². The zero-order chi connectivity index (χ0) is 14.5. The summed E-state index contributed by atoms with van der Waals surface area (Å²) in [5, 5.41) is 3.47. The van der Waals surface area contributed by atoms with Crippen LogP contribution in [-0.2, 0) is 6.42 Å². The summed E-state index contributed by atoms with van der Waals surface area (Å²) in [6, 6.07) is 10.8. The highest BCUT2D eigenvalue weighted by atomic mass is 19.1. The molecule has 21 heavy (non-hydrogen) atoms. The third-order valence-corrected chi connectivity index (χ3v) is 3.66. The fourth-order valence-corrected chi connectivity index (χ4v) is 2.59. The van der Waals surface area contributed by atoms with Gasteiger partial charge in [0, 0.05) is 25.4 Å². The summed E-state index contributed by atoms with van der Waals surface area (Å²) in [4.78, 5) is 8.50. The van der Waals surface area contributed by atoms with E-state index in [1.165, 1.54) is 11.6 Å². The van der Waals surface area contributed by atoms with E-state index in [0.717, 1.165) is 37.2 Å². The Bertz CT molecular complexity index is 625. The van der Waals surface area contributed by atoms with Crippen LogP contribution in [0.4, 0.5) is 4.39 Å². The van der Waals surface area contributed by atoms with Crippen LogP contribution in [0.25, 0.3) is 0 Å². The monoisotopic (exact) mass is 283 g/mol. The number of rotatable bonds is 4. The predicted octanol–water partition coefficient (Wildman–Crippen LogP) is 3.29. The minimum atomic E-state index is -0.206. The van der Waals surface area contributed by atoms with Gasteiger partial charge >= 0.3 is 0 Å². The molecular formula is C17H18FN3. The van der Waals surface area contributed by atoms with Crippen molar-refractivity contribution in [1.29, 1.82) is 0 Å². The third kappa shape index (κ3) is 3.66. The number of aliphatic imine (C=N–C) groups is 1. The van der Waals surface area contributed by atoms with Gasteiger partial charge in [0.1, 0.15) is 5.82 Å². The lowest BCUT2D eigenvalue weighted by Gasteiger charge is -2.20. The van der Waals surface area contributed by atoms with Gasteiger partial charge in [-0.15, -0.1) is 0 Å². The Balaban J connectivity index is 1.83. The minimum absolute atomic E-state index is 0.0277. The quantitative estimate of drug-likeness (QED) is 0.935. The molecule has 1 aliphatic heterocycles. The Labute approximate surface area is 124 Å². The van der Waals surface area contributed by atoms with Crippen molar-refractivity contribution in [3.8, 4) is 0 Å². The Morgan fingerprint density at radius 1 is 1.19 bits per heavy atom.